The molecule has 0 aliphatic rings. The van der Waals surface area contributed by atoms with E-state index in [2.05, 4.69) is 0 Å². The molecule has 0 heterocycles. The molecule has 0 radical (unpaired) electrons. The van der Waals surface area contributed by atoms with Crippen LogP contribution in [-0.4, -0.2) is 18.2 Å². The third-order valence-electron chi connectivity index (χ3n) is 2.91. The highest BCUT2D eigenvalue weighted by molar-refractivity contribution is 8.00. The maximum absolute atomic E-state index is 12.3. The van der Waals surface area contributed by atoms with Crippen LogP contribution in [0.2, 0.25) is 0 Å². The summed E-state index contributed by atoms with van der Waals surface area (Å²) in [6.45, 7) is 2.65. The fraction of sp³-hybridized carbons (Fsp3) is 0.188. The van der Waals surface area contributed by atoms with E-state index >= 15 is 0 Å². The monoisotopic (exact) mass is 286 g/mol. The van der Waals surface area contributed by atoms with Crippen LogP contribution in [0.4, 0.5) is 11.4 Å². The third-order valence-corrected chi connectivity index (χ3v) is 3.88. The minimum absolute atomic E-state index is 0.103. The molecule has 0 unspecified atom stereocenters. The van der Waals surface area contributed by atoms with E-state index in [1.165, 1.54) is 11.8 Å². The fourth-order valence-electron chi connectivity index (χ4n) is 1.94. The van der Waals surface area contributed by atoms with Gasteiger partial charge in [-0.1, -0.05) is 24.3 Å². The molecule has 0 aliphatic carbocycles. The molecule has 4 heteroatoms. The minimum atomic E-state index is 0.103. The number of carbonyl (C=O) groups excluding carboxylic acids is 1. The van der Waals surface area contributed by atoms with Gasteiger partial charge in [0, 0.05) is 22.8 Å². The molecule has 0 aliphatic heterocycles. The van der Waals surface area contributed by atoms with Gasteiger partial charge in [-0.25, -0.2) is 0 Å². The number of nitrogens with zero attached hydrogens (tertiary/aromatic N) is 1. The molecule has 0 spiro atoms. The lowest BCUT2D eigenvalue weighted by Crippen LogP contribution is -2.32. The van der Waals surface area contributed by atoms with Gasteiger partial charge in [-0.15, -0.1) is 11.8 Å². The van der Waals surface area contributed by atoms with E-state index in [1.54, 1.807) is 4.90 Å². The van der Waals surface area contributed by atoms with Crippen LogP contribution in [0.1, 0.15) is 6.92 Å². The first-order chi connectivity index (χ1) is 9.70. The number of amides is 1. The number of benzene rings is 2. The van der Waals surface area contributed by atoms with Crippen LogP contribution in [0.25, 0.3) is 0 Å². The molecule has 0 saturated heterocycles. The normalized spacial score (nSPS) is 10.2. The van der Waals surface area contributed by atoms with Gasteiger partial charge in [0.1, 0.15) is 0 Å². The Morgan fingerprint density at radius 2 is 1.90 bits per heavy atom. The number of hydrogen-bond donors (Lipinski definition) is 1. The number of carbonyl (C=O) groups is 1. The van der Waals surface area contributed by atoms with Gasteiger partial charge >= 0.3 is 0 Å². The number of thioether (sulfide) groups is 1. The number of rotatable bonds is 5. The SMILES string of the molecule is CCN(C(=O)CSc1cccc(N)c1)c1ccccc1. The largest absolute Gasteiger partial charge is 0.399 e. The van der Waals surface area contributed by atoms with Crippen molar-refractivity contribution < 1.29 is 4.79 Å². The molecule has 2 aromatic rings. The highest BCUT2D eigenvalue weighted by Crippen LogP contribution is 2.22. The summed E-state index contributed by atoms with van der Waals surface area (Å²) in [5, 5.41) is 0. The summed E-state index contributed by atoms with van der Waals surface area (Å²) in [4.78, 5) is 15.1. The Bertz CT molecular complexity index is 572. The lowest BCUT2D eigenvalue weighted by molar-refractivity contribution is -0.116. The van der Waals surface area contributed by atoms with Gasteiger partial charge in [0.25, 0.3) is 0 Å². The van der Waals surface area contributed by atoms with E-state index in [9.17, 15) is 4.79 Å². The van der Waals surface area contributed by atoms with E-state index in [0.717, 1.165) is 16.3 Å². The third kappa shape index (κ3) is 3.78. The van der Waals surface area contributed by atoms with Crippen molar-refractivity contribution in [3.63, 3.8) is 0 Å². The number of para-hydroxylation sites is 1. The molecule has 2 N–H and O–H groups in total. The second-order valence-corrected chi connectivity index (χ2v) is 5.38. The predicted octanol–water partition coefficient (Wildman–Crippen LogP) is 3.41. The number of nitrogens with two attached hydrogens (primary N) is 1. The van der Waals surface area contributed by atoms with Gasteiger partial charge in [0.05, 0.1) is 5.75 Å². The molecular weight excluding hydrogens is 268 g/mol. The van der Waals surface area contributed by atoms with Crippen LogP contribution in [-0.2, 0) is 4.79 Å². The van der Waals surface area contributed by atoms with Crippen LogP contribution in [0.5, 0.6) is 0 Å². The van der Waals surface area contributed by atoms with E-state index < -0.39 is 0 Å². The Labute approximate surface area is 123 Å². The molecule has 2 aromatic carbocycles. The first kappa shape index (κ1) is 14.5. The second kappa shape index (κ2) is 7.01. The Morgan fingerprint density at radius 1 is 1.15 bits per heavy atom. The summed E-state index contributed by atoms with van der Waals surface area (Å²) in [5.74, 6) is 0.512. The molecular formula is C16H18N2OS. The molecule has 104 valence electrons. The zero-order chi connectivity index (χ0) is 14.4. The van der Waals surface area contributed by atoms with Crippen LogP contribution < -0.4 is 10.6 Å². The van der Waals surface area contributed by atoms with Crippen LogP contribution in [0, 0.1) is 0 Å². The maximum atomic E-state index is 12.3. The molecule has 2 rings (SSSR count). The molecule has 0 aromatic heterocycles. The van der Waals surface area contributed by atoms with Crippen molar-refractivity contribution in [1.82, 2.24) is 0 Å². The average Bonchev–Trinajstić information content (AvgIpc) is 2.47. The minimum Gasteiger partial charge on any atom is -0.399 e. The second-order valence-electron chi connectivity index (χ2n) is 4.33. The lowest BCUT2D eigenvalue weighted by atomic mass is 10.3. The summed E-state index contributed by atoms with van der Waals surface area (Å²) in [6, 6.07) is 17.3. The van der Waals surface area contributed by atoms with Gasteiger partial charge in [-0.3, -0.25) is 4.79 Å². The summed E-state index contributed by atoms with van der Waals surface area (Å²) in [7, 11) is 0. The van der Waals surface area contributed by atoms with Crippen LogP contribution in [0.3, 0.4) is 0 Å². The first-order valence-electron chi connectivity index (χ1n) is 6.54. The molecule has 20 heavy (non-hydrogen) atoms. The quantitative estimate of drug-likeness (QED) is 0.677. The maximum Gasteiger partial charge on any atom is 0.237 e. The van der Waals surface area contributed by atoms with E-state index in [4.69, 9.17) is 5.73 Å². The van der Waals surface area contributed by atoms with E-state index in [-0.39, 0.29) is 5.91 Å². The average molecular weight is 286 g/mol. The van der Waals surface area contributed by atoms with E-state index in [1.807, 2.05) is 61.5 Å². The van der Waals surface area contributed by atoms with Crippen molar-refractivity contribution in [2.45, 2.75) is 11.8 Å². The van der Waals surface area contributed by atoms with Crippen molar-refractivity contribution in [2.24, 2.45) is 0 Å². The summed E-state index contributed by atoms with van der Waals surface area (Å²) in [6.07, 6.45) is 0. The molecule has 0 atom stereocenters. The zero-order valence-corrected chi connectivity index (χ0v) is 12.3. The lowest BCUT2D eigenvalue weighted by Gasteiger charge is -2.20. The smallest absolute Gasteiger partial charge is 0.237 e. The molecule has 0 bridgehead atoms. The van der Waals surface area contributed by atoms with E-state index in [0.29, 0.717) is 12.3 Å². The van der Waals surface area contributed by atoms with Crippen molar-refractivity contribution in [3.05, 3.63) is 54.6 Å². The molecule has 0 saturated carbocycles. The summed E-state index contributed by atoms with van der Waals surface area (Å²) in [5.41, 5.74) is 7.39. The fourth-order valence-corrected chi connectivity index (χ4v) is 2.78. The van der Waals surface area contributed by atoms with Gasteiger partial charge < -0.3 is 10.6 Å². The number of hydrogen-bond acceptors (Lipinski definition) is 3. The Morgan fingerprint density at radius 3 is 2.55 bits per heavy atom. The van der Waals surface area contributed by atoms with Crippen molar-refractivity contribution in [3.8, 4) is 0 Å². The Balaban J connectivity index is 2.00. The van der Waals surface area contributed by atoms with Crippen LogP contribution >= 0.6 is 11.8 Å². The Kier molecular flexibility index (Phi) is 5.07. The predicted molar refractivity (Wildman–Crippen MR) is 86.0 cm³/mol. The summed E-state index contributed by atoms with van der Waals surface area (Å²) >= 11 is 1.51. The van der Waals surface area contributed by atoms with Crippen molar-refractivity contribution >= 4 is 29.0 Å². The van der Waals surface area contributed by atoms with Gasteiger partial charge in [-0.05, 0) is 37.3 Å². The standard InChI is InChI=1S/C16H18N2OS/c1-2-18(14-8-4-3-5-9-14)16(19)12-20-15-10-6-7-13(17)11-15/h3-11H,2,12,17H2,1H3. The highest BCUT2D eigenvalue weighted by atomic mass is 32.2. The van der Waals surface area contributed by atoms with Gasteiger partial charge in [0.15, 0.2) is 0 Å². The van der Waals surface area contributed by atoms with Gasteiger partial charge in [-0.2, -0.15) is 0 Å². The zero-order valence-electron chi connectivity index (χ0n) is 11.5. The molecule has 3 nitrogen and oxygen atoms in total. The molecule has 0 fully saturated rings. The highest BCUT2D eigenvalue weighted by Gasteiger charge is 2.13. The number of nitrogen functional groups attached to an aromatic ring is 1. The number of anilines is 2. The summed E-state index contributed by atoms with van der Waals surface area (Å²) < 4.78 is 0. The topological polar surface area (TPSA) is 46.3 Å². The first-order valence-corrected chi connectivity index (χ1v) is 7.53. The van der Waals surface area contributed by atoms with Crippen molar-refractivity contribution in [1.29, 1.82) is 0 Å². The van der Waals surface area contributed by atoms with Crippen LogP contribution in [0.15, 0.2) is 59.5 Å². The van der Waals surface area contributed by atoms with Gasteiger partial charge in [0.2, 0.25) is 5.91 Å². The Hall–Kier alpha value is -1.94. The van der Waals surface area contributed by atoms with Crippen molar-refractivity contribution in [2.75, 3.05) is 22.9 Å². The molecule has 1 amide bonds.